The van der Waals surface area contributed by atoms with Crippen molar-refractivity contribution in [2.45, 2.75) is 13.0 Å². The van der Waals surface area contributed by atoms with E-state index < -0.39 is 18.0 Å². The zero-order valence-corrected chi connectivity index (χ0v) is 14.6. The third kappa shape index (κ3) is 4.32. The number of carbonyl (C=O) groups is 2. The number of aromatic hydroxyl groups is 1. The van der Waals surface area contributed by atoms with Gasteiger partial charge in [0.25, 0.3) is 5.91 Å². The van der Waals surface area contributed by atoms with Crippen LogP contribution in [0, 0.1) is 0 Å². The fourth-order valence-corrected chi connectivity index (χ4v) is 2.46. The molecule has 1 amide bonds. The number of phenols is 1. The number of nitrogens with one attached hydrogen (secondary N) is 1. The first-order chi connectivity index (χ1) is 11.3. The molecule has 0 unspecified atom stereocenters. The van der Waals surface area contributed by atoms with Crippen LogP contribution in [0.15, 0.2) is 36.4 Å². The van der Waals surface area contributed by atoms with E-state index in [4.69, 9.17) is 39.5 Å². The average Bonchev–Trinajstić information content (AvgIpc) is 2.50. The van der Waals surface area contributed by atoms with Crippen molar-refractivity contribution in [3.8, 4) is 5.75 Å². The number of amides is 1. The summed E-state index contributed by atoms with van der Waals surface area (Å²) in [5.74, 6) is -1.82. The Hall–Kier alpha value is -1.95. The first-order valence-electron chi connectivity index (χ1n) is 6.74. The van der Waals surface area contributed by atoms with E-state index in [0.717, 1.165) is 0 Å². The Morgan fingerprint density at radius 2 is 1.75 bits per heavy atom. The van der Waals surface area contributed by atoms with Crippen molar-refractivity contribution in [2.75, 3.05) is 5.32 Å². The van der Waals surface area contributed by atoms with Gasteiger partial charge < -0.3 is 15.2 Å². The number of para-hydroxylation sites is 1. The second-order valence-electron chi connectivity index (χ2n) is 4.79. The lowest BCUT2D eigenvalue weighted by atomic mass is 10.2. The molecule has 0 radical (unpaired) electrons. The summed E-state index contributed by atoms with van der Waals surface area (Å²) >= 11 is 17.6. The molecule has 126 valence electrons. The minimum absolute atomic E-state index is 0.102. The summed E-state index contributed by atoms with van der Waals surface area (Å²) in [5, 5.41) is 13.0. The van der Waals surface area contributed by atoms with Crippen LogP contribution >= 0.6 is 34.8 Å². The van der Waals surface area contributed by atoms with Crippen LogP contribution in [0.2, 0.25) is 15.1 Å². The van der Waals surface area contributed by atoms with Crippen molar-refractivity contribution >= 4 is 52.4 Å². The van der Waals surface area contributed by atoms with E-state index in [2.05, 4.69) is 5.32 Å². The maximum Gasteiger partial charge on any atom is 0.342 e. The first kappa shape index (κ1) is 18.4. The molecule has 0 heterocycles. The van der Waals surface area contributed by atoms with Gasteiger partial charge in [-0.15, -0.1) is 0 Å². The third-order valence-corrected chi connectivity index (χ3v) is 3.91. The number of ether oxygens (including phenoxy) is 1. The summed E-state index contributed by atoms with van der Waals surface area (Å²) in [4.78, 5) is 24.2. The Morgan fingerprint density at radius 3 is 2.33 bits per heavy atom. The number of halogens is 3. The Bertz CT molecular complexity index is 775. The normalized spacial score (nSPS) is 11.7. The first-order valence-corrected chi connectivity index (χ1v) is 7.87. The maximum atomic E-state index is 12.1. The number of phenolic OH excluding ortho intramolecular Hbond substituents is 1. The molecule has 0 saturated heterocycles. The SMILES string of the molecule is C[C@H](OC(=O)c1ccc(Cl)cc1O)C(=O)Nc1c(Cl)cccc1Cl. The predicted molar refractivity (Wildman–Crippen MR) is 93.1 cm³/mol. The average molecular weight is 389 g/mol. The van der Waals surface area contributed by atoms with Crippen molar-refractivity contribution < 1.29 is 19.4 Å². The van der Waals surface area contributed by atoms with E-state index in [0.29, 0.717) is 0 Å². The molecule has 2 aromatic rings. The third-order valence-electron chi connectivity index (χ3n) is 3.04. The molecule has 2 N–H and O–H groups in total. The number of anilines is 1. The van der Waals surface area contributed by atoms with Crippen LogP contribution in [-0.4, -0.2) is 23.1 Å². The van der Waals surface area contributed by atoms with E-state index in [1.165, 1.54) is 25.1 Å². The molecule has 0 aromatic heterocycles. The fourth-order valence-electron chi connectivity index (χ4n) is 1.80. The zero-order valence-electron chi connectivity index (χ0n) is 12.3. The van der Waals surface area contributed by atoms with Crippen molar-refractivity contribution in [3.05, 3.63) is 57.0 Å². The van der Waals surface area contributed by atoms with Gasteiger partial charge in [-0.1, -0.05) is 40.9 Å². The Morgan fingerprint density at radius 1 is 1.12 bits per heavy atom. The maximum absolute atomic E-state index is 12.1. The van der Waals surface area contributed by atoms with E-state index in [1.54, 1.807) is 18.2 Å². The number of hydrogen-bond donors (Lipinski definition) is 2. The molecule has 24 heavy (non-hydrogen) atoms. The molecule has 0 saturated carbocycles. The molecule has 0 aliphatic rings. The second-order valence-corrected chi connectivity index (χ2v) is 6.05. The smallest absolute Gasteiger partial charge is 0.342 e. The van der Waals surface area contributed by atoms with Crippen molar-refractivity contribution in [2.24, 2.45) is 0 Å². The Balaban J connectivity index is 2.07. The summed E-state index contributed by atoms with van der Waals surface area (Å²) in [6.45, 7) is 1.38. The Kier molecular flexibility index (Phi) is 5.94. The highest BCUT2D eigenvalue weighted by molar-refractivity contribution is 6.39. The van der Waals surface area contributed by atoms with Crippen LogP contribution in [0.25, 0.3) is 0 Å². The lowest BCUT2D eigenvalue weighted by Gasteiger charge is -2.15. The van der Waals surface area contributed by atoms with Gasteiger partial charge in [-0.3, -0.25) is 4.79 Å². The number of hydrogen-bond acceptors (Lipinski definition) is 4. The van der Waals surface area contributed by atoms with Gasteiger partial charge in [-0.05, 0) is 37.3 Å². The molecule has 5 nitrogen and oxygen atoms in total. The minimum atomic E-state index is -1.14. The van der Waals surface area contributed by atoms with E-state index in [9.17, 15) is 14.7 Å². The second kappa shape index (κ2) is 7.75. The van der Waals surface area contributed by atoms with Crippen molar-refractivity contribution in [1.82, 2.24) is 0 Å². The number of rotatable bonds is 4. The molecular formula is C16H12Cl3NO4. The van der Waals surface area contributed by atoms with Gasteiger partial charge in [0.2, 0.25) is 0 Å². The van der Waals surface area contributed by atoms with Gasteiger partial charge in [-0.2, -0.15) is 0 Å². The predicted octanol–water partition coefficient (Wildman–Crippen LogP) is 4.54. The molecule has 0 bridgehead atoms. The highest BCUT2D eigenvalue weighted by Crippen LogP contribution is 2.30. The van der Waals surface area contributed by atoms with Crippen molar-refractivity contribution in [1.29, 1.82) is 0 Å². The van der Waals surface area contributed by atoms with Gasteiger partial charge >= 0.3 is 5.97 Å². The summed E-state index contributed by atoms with van der Waals surface area (Å²) in [5.41, 5.74) is 0.123. The lowest BCUT2D eigenvalue weighted by molar-refractivity contribution is -0.123. The number of esters is 1. The quantitative estimate of drug-likeness (QED) is 0.754. The molecule has 2 rings (SSSR count). The van der Waals surface area contributed by atoms with Crippen LogP contribution in [-0.2, 0) is 9.53 Å². The fraction of sp³-hybridized carbons (Fsp3) is 0.125. The number of benzene rings is 2. The zero-order chi connectivity index (χ0) is 17.9. The standard InChI is InChI=1S/C16H12Cl3NO4/c1-8(15(22)20-14-11(18)3-2-4-12(14)19)24-16(23)10-6-5-9(17)7-13(10)21/h2-8,21H,1H3,(H,20,22)/t8-/m0/s1. The summed E-state index contributed by atoms with van der Waals surface area (Å²) in [6.07, 6.45) is -1.14. The van der Waals surface area contributed by atoms with Crippen LogP contribution in [0.1, 0.15) is 17.3 Å². The van der Waals surface area contributed by atoms with Gasteiger partial charge in [0, 0.05) is 5.02 Å². The monoisotopic (exact) mass is 387 g/mol. The molecule has 1 atom stereocenters. The van der Waals surface area contributed by atoms with Crippen LogP contribution in [0.5, 0.6) is 5.75 Å². The van der Waals surface area contributed by atoms with Gasteiger partial charge in [-0.25, -0.2) is 4.79 Å². The van der Waals surface area contributed by atoms with Gasteiger partial charge in [0.05, 0.1) is 15.7 Å². The molecule has 2 aromatic carbocycles. The van der Waals surface area contributed by atoms with E-state index in [-0.39, 0.29) is 32.1 Å². The molecule has 0 aliphatic carbocycles. The highest BCUT2D eigenvalue weighted by atomic mass is 35.5. The molecular weight excluding hydrogens is 377 g/mol. The molecule has 0 spiro atoms. The largest absolute Gasteiger partial charge is 0.507 e. The number of carbonyl (C=O) groups excluding carboxylic acids is 2. The summed E-state index contributed by atoms with van der Waals surface area (Å²) in [6, 6.07) is 8.68. The molecule has 0 fully saturated rings. The topological polar surface area (TPSA) is 75.6 Å². The lowest BCUT2D eigenvalue weighted by Crippen LogP contribution is -2.30. The van der Waals surface area contributed by atoms with E-state index >= 15 is 0 Å². The van der Waals surface area contributed by atoms with Crippen LogP contribution in [0.4, 0.5) is 5.69 Å². The van der Waals surface area contributed by atoms with E-state index in [1.807, 2.05) is 0 Å². The van der Waals surface area contributed by atoms with Crippen LogP contribution < -0.4 is 5.32 Å². The molecule has 0 aliphatic heterocycles. The molecule has 8 heteroatoms. The minimum Gasteiger partial charge on any atom is -0.507 e. The highest BCUT2D eigenvalue weighted by Gasteiger charge is 2.22. The van der Waals surface area contributed by atoms with Gasteiger partial charge in [0.1, 0.15) is 11.3 Å². The van der Waals surface area contributed by atoms with Crippen molar-refractivity contribution in [3.63, 3.8) is 0 Å². The Labute approximate surface area is 153 Å². The summed E-state index contributed by atoms with van der Waals surface area (Å²) in [7, 11) is 0. The van der Waals surface area contributed by atoms with Gasteiger partial charge in [0.15, 0.2) is 6.10 Å². The summed E-state index contributed by atoms with van der Waals surface area (Å²) < 4.78 is 5.03. The van der Waals surface area contributed by atoms with Crippen LogP contribution in [0.3, 0.4) is 0 Å².